The SMILES string of the molecule is CCN(CC)CCCCCCN1CCC(CNC(=O)c2cc(Cl)c(N)cc2OC)CC1. The van der Waals surface area contributed by atoms with Gasteiger partial charge in [-0.05, 0) is 76.9 Å². The van der Waals surface area contributed by atoms with Gasteiger partial charge >= 0.3 is 0 Å². The van der Waals surface area contributed by atoms with Crippen LogP contribution in [-0.2, 0) is 0 Å². The van der Waals surface area contributed by atoms with Gasteiger partial charge in [-0.15, -0.1) is 0 Å². The number of anilines is 1. The molecule has 6 nitrogen and oxygen atoms in total. The minimum absolute atomic E-state index is 0.161. The Morgan fingerprint density at radius 2 is 1.87 bits per heavy atom. The first kappa shape index (κ1) is 25.8. The van der Waals surface area contributed by atoms with E-state index in [1.807, 2.05) is 0 Å². The number of halogens is 1. The smallest absolute Gasteiger partial charge is 0.255 e. The predicted molar refractivity (Wildman–Crippen MR) is 130 cm³/mol. The van der Waals surface area contributed by atoms with E-state index in [1.54, 1.807) is 12.1 Å². The van der Waals surface area contributed by atoms with E-state index >= 15 is 0 Å². The summed E-state index contributed by atoms with van der Waals surface area (Å²) in [6.45, 7) is 12.2. The second-order valence-electron chi connectivity index (χ2n) is 8.51. The third-order valence-electron chi connectivity index (χ3n) is 6.41. The Labute approximate surface area is 193 Å². The molecule has 0 saturated carbocycles. The third kappa shape index (κ3) is 8.51. The van der Waals surface area contributed by atoms with Crippen LogP contribution >= 0.6 is 11.6 Å². The summed E-state index contributed by atoms with van der Waals surface area (Å²) >= 11 is 6.08. The highest BCUT2D eigenvalue weighted by Crippen LogP contribution is 2.29. The Balaban J connectivity index is 1.62. The number of carbonyl (C=O) groups excluding carboxylic acids is 1. The second kappa shape index (κ2) is 13.8. The molecular weight excluding hydrogens is 412 g/mol. The number of nitrogens with two attached hydrogens (primary N) is 1. The van der Waals surface area contributed by atoms with Gasteiger partial charge in [-0.2, -0.15) is 0 Å². The number of nitrogens with one attached hydrogen (secondary N) is 1. The Morgan fingerprint density at radius 3 is 2.52 bits per heavy atom. The van der Waals surface area contributed by atoms with Crippen molar-refractivity contribution in [2.45, 2.75) is 52.4 Å². The molecule has 1 aromatic carbocycles. The Morgan fingerprint density at radius 1 is 1.19 bits per heavy atom. The second-order valence-corrected chi connectivity index (χ2v) is 8.92. The number of methoxy groups -OCH3 is 1. The van der Waals surface area contributed by atoms with Crippen LogP contribution in [0, 0.1) is 5.92 Å². The molecule has 0 spiro atoms. The molecule has 0 aromatic heterocycles. The molecule has 176 valence electrons. The number of nitrogens with zero attached hydrogens (tertiary/aromatic N) is 2. The highest BCUT2D eigenvalue weighted by atomic mass is 35.5. The number of carbonyl (C=O) groups is 1. The first-order valence-corrected chi connectivity index (χ1v) is 12.2. The molecule has 31 heavy (non-hydrogen) atoms. The molecule has 1 saturated heterocycles. The largest absolute Gasteiger partial charge is 0.496 e. The minimum Gasteiger partial charge on any atom is -0.496 e. The highest BCUT2D eigenvalue weighted by molar-refractivity contribution is 6.33. The fourth-order valence-corrected chi connectivity index (χ4v) is 4.39. The molecule has 2 rings (SSSR count). The van der Waals surface area contributed by atoms with Gasteiger partial charge in [-0.25, -0.2) is 0 Å². The maximum atomic E-state index is 12.6. The topological polar surface area (TPSA) is 70.8 Å². The van der Waals surface area contributed by atoms with Crippen LogP contribution in [0.1, 0.15) is 62.7 Å². The summed E-state index contributed by atoms with van der Waals surface area (Å²) in [6.07, 6.45) is 7.51. The van der Waals surface area contributed by atoms with Crippen molar-refractivity contribution < 1.29 is 9.53 Å². The number of likely N-dealkylation sites (tertiary alicyclic amines) is 1. The number of hydrogen-bond acceptors (Lipinski definition) is 5. The summed E-state index contributed by atoms with van der Waals surface area (Å²) in [5.74, 6) is 0.807. The first-order valence-electron chi connectivity index (χ1n) is 11.8. The summed E-state index contributed by atoms with van der Waals surface area (Å²) in [5, 5.41) is 3.42. The van der Waals surface area contributed by atoms with Gasteiger partial charge in [0.15, 0.2) is 0 Å². The van der Waals surface area contributed by atoms with Crippen LogP contribution in [0.5, 0.6) is 5.75 Å². The van der Waals surface area contributed by atoms with E-state index in [0.717, 1.165) is 39.0 Å². The molecule has 7 heteroatoms. The Hall–Kier alpha value is -1.50. The van der Waals surface area contributed by atoms with E-state index in [4.69, 9.17) is 22.1 Å². The van der Waals surface area contributed by atoms with E-state index in [9.17, 15) is 4.79 Å². The Kier molecular flexibility index (Phi) is 11.5. The van der Waals surface area contributed by atoms with Crippen LogP contribution < -0.4 is 15.8 Å². The standard InChI is InChI=1S/C24H41ClN4O2/c1-4-28(5-2)12-8-6-7-9-13-29-14-10-19(11-15-29)18-27-24(30)20-16-21(25)22(26)17-23(20)31-3/h16-17,19H,4-15,18,26H2,1-3H3,(H,27,30). The number of piperidine rings is 1. The maximum Gasteiger partial charge on any atom is 0.255 e. The van der Waals surface area contributed by atoms with E-state index in [0.29, 0.717) is 34.5 Å². The van der Waals surface area contributed by atoms with Crippen LogP contribution in [0.15, 0.2) is 12.1 Å². The van der Waals surface area contributed by atoms with Gasteiger partial charge in [0.25, 0.3) is 5.91 Å². The lowest BCUT2D eigenvalue weighted by molar-refractivity contribution is 0.0933. The van der Waals surface area contributed by atoms with Crippen molar-refractivity contribution in [3.63, 3.8) is 0 Å². The van der Waals surface area contributed by atoms with Crippen molar-refractivity contribution in [2.24, 2.45) is 5.92 Å². The quantitative estimate of drug-likeness (QED) is 0.345. The lowest BCUT2D eigenvalue weighted by Gasteiger charge is -2.32. The average molecular weight is 453 g/mol. The van der Waals surface area contributed by atoms with Crippen LogP contribution in [-0.4, -0.2) is 68.6 Å². The van der Waals surface area contributed by atoms with Crippen molar-refractivity contribution in [1.29, 1.82) is 0 Å². The molecule has 1 aromatic rings. The molecule has 1 heterocycles. The molecule has 1 fully saturated rings. The lowest BCUT2D eigenvalue weighted by atomic mass is 9.96. The van der Waals surface area contributed by atoms with Crippen LogP contribution in [0.3, 0.4) is 0 Å². The third-order valence-corrected chi connectivity index (χ3v) is 6.74. The zero-order valence-corrected chi connectivity index (χ0v) is 20.3. The summed E-state index contributed by atoms with van der Waals surface area (Å²) in [7, 11) is 1.53. The van der Waals surface area contributed by atoms with E-state index < -0.39 is 0 Å². The number of hydrogen-bond donors (Lipinski definition) is 2. The van der Waals surface area contributed by atoms with Gasteiger partial charge in [0.1, 0.15) is 5.75 Å². The van der Waals surface area contributed by atoms with E-state index in [-0.39, 0.29) is 5.91 Å². The maximum absolute atomic E-state index is 12.6. The summed E-state index contributed by atoms with van der Waals surface area (Å²) in [5.41, 5.74) is 6.64. The van der Waals surface area contributed by atoms with Gasteiger partial charge in [-0.3, -0.25) is 4.79 Å². The fourth-order valence-electron chi connectivity index (χ4n) is 4.23. The van der Waals surface area contributed by atoms with Crippen LogP contribution in [0.4, 0.5) is 5.69 Å². The zero-order valence-electron chi connectivity index (χ0n) is 19.6. The zero-order chi connectivity index (χ0) is 22.6. The van der Waals surface area contributed by atoms with Crippen LogP contribution in [0.25, 0.3) is 0 Å². The number of rotatable bonds is 13. The van der Waals surface area contributed by atoms with Gasteiger partial charge in [-0.1, -0.05) is 38.3 Å². The molecule has 1 aliphatic rings. The lowest BCUT2D eigenvalue weighted by Crippen LogP contribution is -2.39. The number of nitrogen functional groups attached to an aromatic ring is 1. The molecular formula is C24H41ClN4O2. The Bertz CT molecular complexity index is 674. The van der Waals surface area contributed by atoms with E-state index in [1.165, 1.54) is 45.9 Å². The molecule has 0 radical (unpaired) electrons. The molecule has 0 bridgehead atoms. The number of unbranched alkanes of at least 4 members (excludes halogenated alkanes) is 3. The number of ether oxygens (including phenoxy) is 1. The van der Waals surface area contributed by atoms with Gasteiger partial charge in [0.2, 0.25) is 0 Å². The van der Waals surface area contributed by atoms with Gasteiger partial charge < -0.3 is 25.6 Å². The summed E-state index contributed by atoms with van der Waals surface area (Å²) in [4.78, 5) is 17.7. The first-order chi connectivity index (χ1) is 15.0. The molecule has 1 aliphatic heterocycles. The van der Waals surface area contributed by atoms with Crippen molar-refractivity contribution in [3.05, 3.63) is 22.7 Å². The fraction of sp³-hybridized carbons (Fsp3) is 0.708. The molecule has 3 N–H and O–H groups in total. The van der Waals surface area contributed by atoms with Gasteiger partial charge in [0.05, 0.1) is 23.4 Å². The number of amides is 1. The van der Waals surface area contributed by atoms with E-state index in [2.05, 4.69) is 29.0 Å². The highest BCUT2D eigenvalue weighted by Gasteiger charge is 2.21. The van der Waals surface area contributed by atoms with Crippen molar-refractivity contribution >= 4 is 23.2 Å². The monoisotopic (exact) mass is 452 g/mol. The van der Waals surface area contributed by atoms with Crippen molar-refractivity contribution in [1.82, 2.24) is 15.1 Å². The van der Waals surface area contributed by atoms with Crippen molar-refractivity contribution in [3.8, 4) is 5.75 Å². The molecule has 1 amide bonds. The molecule has 0 unspecified atom stereocenters. The normalized spacial score (nSPS) is 15.4. The molecule has 0 aliphatic carbocycles. The summed E-state index contributed by atoms with van der Waals surface area (Å²) in [6, 6.07) is 3.18. The average Bonchev–Trinajstić information content (AvgIpc) is 2.79. The number of benzene rings is 1. The predicted octanol–water partition coefficient (Wildman–Crippen LogP) is 4.27. The summed E-state index contributed by atoms with van der Waals surface area (Å²) < 4.78 is 5.28. The van der Waals surface area contributed by atoms with Gasteiger partial charge in [0, 0.05) is 12.6 Å². The van der Waals surface area contributed by atoms with Crippen molar-refractivity contribution in [2.75, 3.05) is 58.7 Å². The minimum atomic E-state index is -0.161. The van der Waals surface area contributed by atoms with Crippen LogP contribution in [0.2, 0.25) is 5.02 Å². The molecule has 0 atom stereocenters.